The first-order valence-corrected chi connectivity index (χ1v) is 10.3. The zero-order chi connectivity index (χ0) is 21.6. The van der Waals surface area contributed by atoms with Gasteiger partial charge in [0.25, 0.3) is 0 Å². The molecule has 0 aliphatic rings. The molecule has 2 N–H and O–H groups in total. The van der Waals surface area contributed by atoms with Gasteiger partial charge < -0.3 is 15.4 Å². The van der Waals surface area contributed by atoms with Crippen LogP contribution in [0.2, 0.25) is 0 Å². The Balaban J connectivity index is 0.00000450. The molecule has 0 aliphatic carbocycles. The molecule has 0 saturated heterocycles. The van der Waals surface area contributed by atoms with Gasteiger partial charge in [-0.25, -0.2) is 0 Å². The minimum Gasteiger partial charge on any atom is -0.492 e. The van der Waals surface area contributed by atoms with Crippen LogP contribution in [0, 0.1) is 13.8 Å². The van der Waals surface area contributed by atoms with Gasteiger partial charge in [0.2, 0.25) is 0 Å². The summed E-state index contributed by atoms with van der Waals surface area (Å²) in [4.78, 5) is 4.33. The van der Waals surface area contributed by atoms with Gasteiger partial charge in [0.05, 0.1) is 12.2 Å². The van der Waals surface area contributed by atoms with Crippen molar-refractivity contribution in [3.05, 3.63) is 46.8 Å². The second kappa shape index (κ2) is 11.6. The summed E-state index contributed by atoms with van der Waals surface area (Å²) in [6, 6.07) is 8.56. The Kier molecular flexibility index (Phi) is 10.1. The smallest absolute Gasteiger partial charge is 0.191 e. The molecule has 0 aliphatic heterocycles. The summed E-state index contributed by atoms with van der Waals surface area (Å²) in [7, 11) is 3.78. The lowest BCUT2D eigenvalue weighted by molar-refractivity contribution is 0.321. The standard InChI is InChI=1S/C23H37N5O.HI/c1-16(14-21-17(2)27-28(8)18(21)3)26-22(24-7)25-12-13-29-20-11-9-10-19(15-20)23(4,5)6;/h9-11,15-16H,12-14H2,1-8H3,(H2,24,25,26);1H. The molecule has 2 rings (SSSR count). The summed E-state index contributed by atoms with van der Waals surface area (Å²) in [5.41, 5.74) is 4.99. The molecule has 168 valence electrons. The molecule has 1 unspecified atom stereocenters. The van der Waals surface area contributed by atoms with Gasteiger partial charge in [-0.05, 0) is 55.9 Å². The molecular formula is C23H38IN5O. The molecule has 1 heterocycles. The number of aliphatic imine (C=N–C) groups is 1. The highest BCUT2D eigenvalue weighted by atomic mass is 127. The number of rotatable bonds is 7. The Bertz CT molecular complexity index is 839. The third-order valence-corrected chi connectivity index (χ3v) is 5.14. The van der Waals surface area contributed by atoms with Gasteiger partial charge in [-0.2, -0.15) is 5.10 Å². The van der Waals surface area contributed by atoms with E-state index in [2.05, 4.69) is 74.4 Å². The van der Waals surface area contributed by atoms with Crippen molar-refractivity contribution < 1.29 is 4.74 Å². The number of nitrogens with one attached hydrogen (secondary N) is 2. The van der Waals surface area contributed by atoms with Gasteiger partial charge in [0, 0.05) is 25.8 Å². The van der Waals surface area contributed by atoms with Gasteiger partial charge in [-0.1, -0.05) is 32.9 Å². The molecule has 2 aromatic rings. The number of ether oxygens (including phenoxy) is 1. The van der Waals surface area contributed by atoms with Crippen LogP contribution in [0.4, 0.5) is 0 Å². The lowest BCUT2D eigenvalue weighted by Gasteiger charge is -2.20. The third kappa shape index (κ3) is 7.49. The van der Waals surface area contributed by atoms with Crippen LogP contribution in [-0.2, 0) is 18.9 Å². The van der Waals surface area contributed by atoms with Crippen LogP contribution in [0.15, 0.2) is 29.3 Å². The first kappa shape index (κ1) is 26.3. The number of nitrogens with zero attached hydrogens (tertiary/aromatic N) is 3. The van der Waals surface area contributed by atoms with E-state index in [0.717, 1.165) is 23.8 Å². The average molecular weight is 527 g/mol. The summed E-state index contributed by atoms with van der Waals surface area (Å²) >= 11 is 0. The topological polar surface area (TPSA) is 63.5 Å². The Morgan fingerprint density at radius 2 is 1.97 bits per heavy atom. The van der Waals surface area contributed by atoms with Crippen LogP contribution in [0.1, 0.15) is 50.2 Å². The van der Waals surface area contributed by atoms with Gasteiger partial charge in [-0.3, -0.25) is 9.67 Å². The Morgan fingerprint density at radius 3 is 2.53 bits per heavy atom. The predicted molar refractivity (Wildman–Crippen MR) is 136 cm³/mol. The monoisotopic (exact) mass is 527 g/mol. The van der Waals surface area contributed by atoms with Gasteiger partial charge in [0.15, 0.2) is 5.96 Å². The zero-order valence-corrected chi connectivity index (χ0v) is 22.0. The fraction of sp³-hybridized carbons (Fsp3) is 0.565. The van der Waals surface area contributed by atoms with Crippen molar-refractivity contribution >= 4 is 29.9 Å². The molecule has 0 saturated carbocycles. The summed E-state index contributed by atoms with van der Waals surface area (Å²) in [5.74, 6) is 1.68. The highest BCUT2D eigenvalue weighted by molar-refractivity contribution is 14.0. The van der Waals surface area contributed by atoms with E-state index in [1.54, 1.807) is 7.05 Å². The van der Waals surface area contributed by atoms with Crippen molar-refractivity contribution in [3.63, 3.8) is 0 Å². The van der Waals surface area contributed by atoms with Crippen molar-refractivity contribution in [2.24, 2.45) is 12.0 Å². The molecule has 0 spiro atoms. The van der Waals surface area contributed by atoms with E-state index < -0.39 is 0 Å². The Labute approximate surface area is 198 Å². The third-order valence-electron chi connectivity index (χ3n) is 5.14. The lowest BCUT2D eigenvalue weighted by Crippen LogP contribution is -2.44. The summed E-state index contributed by atoms with van der Waals surface area (Å²) < 4.78 is 7.86. The number of hydrogen-bond donors (Lipinski definition) is 2. The van der Waals surface area contributed by atoms with Gasteiger partial charge in [-0.15, -0.1) is 24.0 Å². The van der Waals surface area contributed by atoms with E-state index in [1.807, 2.05) is 23.9 Å². The van der Waals surface area contributed by atoms with Crippen LogP contribution in [-0.4, -0.2) is 42.0 Å². The highest BCUT2D eigenvalue weighted by Crippen LogP contribution is 2.25. The van der Waals surface area contributed by atoms with E-state index >= 15 is 0 Å². The summed E-state index contributed by atoms with van der Waals surface area (Å²) in [6.07, 6.45) is 0.905. The number of aromatic nitrogens is 2. The molecule has 1 atom stereocenters. The maximum atomic E-state index is 5.92. The van der Waals surface area contributed by atoms with E-state index in [9.17, 15) is 0 Å². The van der Waals surface area contributed by atoms with Crippen LogP contribution >= 0.6 is 24.0 Å². The Morgan fingerprint density at radius 1 is 1.27 bits per heavy atom. The zero-order valence-electron chi connectivity index (χ0n) is 19.7. The second-order valence-corrected chi connectivity index (χ2v) is 8.65. The van der Waals surface area contributed by atoms with Crippen LogP contribution in [0.25, 0.3) is 0 Å². The van der Waals surface area contributed by atoms with Gasteiger partial charge >= 0.3 is 0 Å². The maximum Gasteiger partial charge on any atom is 0.191 e. The molecule has 0 fully saturated rings. The predicted octanol–water partition coefficient (Wildman–Crippen LogP) is 4.13. The van der Waals surface area contributed by atoms with Crippen LogP contribution in [0.5, 0.6) is 5.75 Å². The normalized spacial score (nSPS) is 12.9. The fourth-order valence-electron chi connectivity index (χ4n) is 3.29. The second-order valence-electron chi connectivity index (χ2n) is 8.65. The first-order chi connectivity index (χ1) is 13.6. The molecule has 0 bridgehead atoms. The molecule has 0 amide bonds. The number of aryl methyl sites for hydroxylation is 2. The van der Waals surface area contributed by atoms with Crippen molar-refractivity contribution in [1.29, 1.82) is 0 Å². The van der Waals surface area contributed by atoms with Crippen molar-refractivity contribution in [1.82, 2.24) is 20.4 Å². The van der Waals surface area contributed by atoms with E-state index in [0.29, 0.717) is 13.2 Å². The highest BCUT2D eigenvalue weighted by Gasteiger charge is 2.15. The van der Waals surface area contributed by atoms with Gasteiger partial charge in [0.1, 0.15) is 12.4 Å². The van der Waals surface area contributed by atoms with E-state index in [4.69, 9.17) is 4.74 Å². The largest absolute Gasteiger partial charge is 0.492 e. The quantitative estimate of drug-likeness (QED) is 0.246. The van der Waals surface area contributed by atoms with Crippen molar-refractivity contribution in [3.8, 4) is 5.75 Å². The van der Waals surface area contributed by atoms with Crippen molar-refractivity contribution in [2.45, 2.75) is 59.4 Å². The van der Waals surface area contributed by atoms with Crippen LogP contribution in [0.3, 0.4) is 0 Å². The molecule has 7 heteroatoms. The molecule has 0 radical (unpaired) electrons. The number of guanidine groups is 1. The molecular weight excluding hydrogens is 489 g/mol. The fourth-order valence-corrected chi connectivity index (χ4v) is 3.29. The lowest BCUT2D eigenvalue weighted by atomic mass is 9.87. The minimum absolute atomic E-state index is 0. The minimum atomic E-state index is 0. The summed E-state index contributed by atoms with van der Waals surface area (Å²) in [5, 5.41) is 11.3. The molecule has 1 aromatic heterocycles. The SMILES string of the molecule is CN=C(NCCOc1cccc(C(C)(C)C)c1)NC(C)Cc1c(C)nn(C)c1C.I. The number of benzene rings is 1. The average Bonchev–Trinajstić information content (AvgIpc) is 2.89. The molecule has 6 nitrogen and oxygen atoms in total. The number of halogens is 1. The maximum absolute atomic E-state index is 5.92. The van der Waals surface area contributed by atoms with E-state index in [1.165, 1.54) is 16.8 Å². The van der Waals surface area contributed by atoms with E-state index in [-0.39, 0.29) is 35.4 Å². The molecule has 1 aromatic carbocycles. The summed E-state index contributed by atoms with van der Waals surface area (Å²) in [6.45, 7) is 14.2. The molecule has 30 heavy (non-hydrogen) atoms. The van der Waals surface area contributed by atoms with Crippen molar-refractivity contribution in [2.75, 3.05) is 20.2 Å². The first-order valence-electron chi connectivity index (χ1n) is 10.3. The number of hydrogen-bond acceptors (Lipinski definition) is 3. The Hall–Kier alpha value is -1.77. The van der Waals surface area contributed by atoms with Crippen LogP contribution < -0.4 is 15.4 Å².